The molecule has 0 aliphatic heterocycles. The number of likely N-dealkylation sites (N-methyl/N-ethyl adjacent to an activating group) is 1. The average molecular weight is 212 g/mol. The van der Waals surface area contributed by atoms with Gasteiger partial charge in [-0.2, -0.15) is 0 Å². The normalized spacial score (nSPS) is 27.7. The van der Waals surface area contributed by atoms with Crippen molar-refractivity contribution in [2.24, 2.45) is 10.9 Å². The van der Waals surface area contributed by atoms with Crippen LogP contribution in [0.5, 0.6) is 0 Å². The monoisotopic (exact) mass is 212 g/mol. The van der Waals surface area contributed by atoms with Crippen LogP contribution in [0.4, 0.5) is 0 Å². The van der Waals surface area contributed by atoms with Crippen LogP contribution in [0.2, 0.25) is 0 Å². The highest BCUT2D eigenvalue weighted by Crippen LogP contribution is 2.26. The van der Waals surface area contributed by atoms with Crippen LogP contribution >= 0.6 is 0 Å². The highest BCUT2D eigenvalue weighted by Gasteiger charge is 2.26. The fraction of sp³-hybridized carbons (Fsp3) is 0.917. The number of ether oxygens (including phenoxy) is 1. The van der Waals surface area contributed by atoms with Gasteiger partial charge in [0, 0.05) is 38.9 Å². The number of hydrogen-bond acceptors (Lipinski definition) is 3. The molecule has 88 valence electrons. The van der Waals surface area contributed by atoms with Gasteiger partial charge in [-0.25, -0.2) is 0 Å². The molecule has 1 fully saturated rings. The van der Waals surface area contributed by atoms with Crippen molar-refractivity contribution in [3.63, 3.8) is 0 Å². The van der Waals surface area contributed by atoms with E-state index < -0.39 is 0 Å². The van der Waals surface area contributed by atoms with Crippen LogP contribution in [0, 0.1) is 5.92 Å². The van der Waals surface area contributed by atoms with Crippen LogP contribution in [-0.2, 0) is 4.74 Å². The molecule has 0 saturated heterocycles. The molecule has 0 bridgehead atoms. The van der Waals surface area contributed by atoms with E-state index in [9.17, 15) is 0 Å². The van der Waals surface area contributed by atoms with E-state index in [1.807, 2.05) is 7.05 Å². The zero-order valence-electron chi connectivity index (χ0n) is 10.3. The van der Waals surface area contributed by atoms with Crippen molar-refractivity contribution < 1.29 is 4.74 Å². The Morgan fingerprint density at radius 2 is 2.13 bits per heavy atom. The van der Waals surface area contributed by atoms with Gasteiger partial charge in [0.2, 0.25) is 0 Å². The summed E-state index contributed by atoms with van der Waals surface area (Å²) in [5.41, 5.74) is 0. The summed E-state index contributed by atoms with van der Waals surface area (Å²) in [7, 11) is 5.84. The first-order chi connectivity index (χ1) is 7.29. The molecule has 1 aliphatic carbocycles. The maximum absolute atomic E-state index is 5.12. The minimum Gasteiger partial charge on any atom is -0.383 e. The maximum Gasteiger partial charge on any atom is 0.0589 e. The van der Waals surface area contributed by atoms with Gasteiger partial charge in [0.1, 0.15) is 0 Å². The lowest BCUT2D eigenvalue weighted by atomic mass is 9.84. The molecule has 0 aromatic rings. The second kappa shape index (κ2) is 6.96. The average Bonchev–Trinajstić information content (AvgIpc) is 2.27. The van der Waals surface area contributed by atoms with Crippen LogP contribution in [0.3, 0.4) is 0 Å². The summed E-state index contributed by atoms with van der Waals surface area (Å²) >= 11 is 0. The predicted octanol–water partition coefficient (Wildman–Crippen LogP) is 1.82. The van der Waals surface area contributed by atoms with Crippen molar-refractivity contribution in [2.75, 3.05) is 34.4 Å². The SMILES string of the molecule is CN=CC1CCCC[C@@H]1N(C)CCOC. The number of hydrogen-bond donors (Lipinski definition) is 0. The molecule has 2 atom stereocenters. The minimum absolute atomic E-state index is 0.644. The quantitative estimate of drug-likeness (QED) is 0.649. The lowest BCUT2D eigenvalue weighted by Crippen LogP contribution is -2.42. The molecule has 0 aromatic carbocycles. The molecule has 0 N–H and O–H groups in total. The van der Waals surface area contributed by atoms with E-state index in [0.29, 0.717) is 12.0 Å². The molecule has 1 unspecified atom stereocenters. The van der Waals surface area contributed by atoms with Gasteiger partial charge >= 0.3 is 0 Å². The van der Waals surface area contributed by atoms with E-state index in [-0.39, 0.29) is 0 Å². The van der Waals surface area contributed by atoms with Gasteiger partial charge in [0.25, 0.3) is 0 Å². The van der Waals surface area contributed by atoms with Gasteiger partial charge < -0.3 is 14.6 Å². The van der Waals surface area contributed by atoms with Gasteiger partial charge in [-0.05, 0) is 19.9 Å². The first kappa shape index (κ1) is 12.7. The summed E-state index contributed by atoms with van der Waals surface area (Å²) < 4.78 is 5.12. The Balaban J connectivity index is 2.47. The standard InChI is InChI=1S/C12H24N2O/c1-13-10-11-6-4-5-7-12(11)14(2)8-9-15-3/h10-12H,4-9H2,1-3H3/t11?,12-/m0/s1. The predicted molar refractivity (Wildman–Crippen MR) is 64.7 cm³/mol. The Morgan fingerprint density at radius 1 is 1.40 bits per heavy atom. The molecule has 3 nitrogen and oxygen atoms in total. The highest BCUT2D eigenvalue weighted by atomic mass is 16.5. The van der Waals surface area contributed by atoms with Gasteiger partial charge in [-0.15, -0.1) is 0 Å². The summed E-state index contributed by atoms with van der Waals surface area (Å²) in [6.07, 6.45) is 7.44. The van der Waals surface area contributed by atoms with Crippen molar-refractivity contribution >= 4 is 6.21 Å². The molecule has 1 saturated carbocycles. The van der Waals surface area contributed by atoms with E-state index in [1.165, 1.54) is 25.7 Å². The first-order valence-corrected chi connectivity index (χ1v) is 5.91. The first-order valence-electron chi connectivity index (χ1n) is 5.91. The molecule has 0 amide bonds. The third-order valence-corrected chi connectivity index (χ3v) is 3.34. The Hall–Kier alpha value is -0.410. The van der Waals surface area contributed by atoms with E-state index in [4.69, 9.17) is 4.74 Å². The Morgan fingerprint density at radius 3 is 2.80 bits per heavy atom. The van der Waals surface area contributed by atoms with Crippen LogP contribution < -0.4 is 0 Å². The van der Waals surface area contributed by atoms with Gasteiger partial charge in [0.05, 0.1) is 6.61 Å². The molecule has 3 heteroatoms. The number of aliphatic imine (C=N–C) groups is 1. The summed E-state index contributed by atoms with van der Waals surface area (Å²) in [6, 6.07) is 0.664. The molecular formula is C12H24N2O. The fourth-order valence-electron chi connectivity index (χ4n) is 2.45. The van der Waals surface area contributed by atoms with Crippen LogP contribution in [0.15, 0.2) is 4.99 Å². The van der Waals surface area contributed by atoms with E-state index >= 15 is 0 Å². The number of methoxy groups -OCH3 is 1. The third-order valence-electron chi connectivity index (χ3n) is 3.34. The molecule has 0 heterocycles. The molecule has 15 heavy (non-hydrogen) atoms. The molecule has 0 spiro atoms. The van der Waals surface area contributed by atoms with Crippen molar-refractivity contribution in [3.8, 4) is 0 Å². The fourth-order valence-corrected chi connectivity index (χ4v) is 2.45. The smallest absolute Gasteiger partial charge is 0.0589 e. The van der Waals surface area contributed by atoms with Gasteiger partial charge in [-0.3, -0.25) is 0 Å². The molecule has 1 rings (SSSR count). The lowest BCUT2D eigenvalue weighted by molar-refractivity contribution is 0.111. The number of nitrogens with zero attached hydrogens (tertiary/aromatic N) is 2. The third kappa shape index (κ3) is 3.92. The molecule has 1 aliphatic rings. The van der Waals surface area contributed by atoms with E-state index in [2.05, 4.69) is 23.2 Å². The second-order valence-electron chi connectivity index (χ2n) is 4.40. The Bertz CT molecular complexity index is 194. The zero-order valence-corrected chi connectivity index (χ0v) is 10.3. The van der Waals surface area contributed by atoms with Crippen molar-refractivity contribution in [1.29, 1.82) is 0 Å². The van der Waals surface area contributed by atoms with E-state index in [1.54, 1.807) is 7.11 Å². The van der Waals surface area contributed by atoms with Crippen molar-refractivity contribution in [2.45, 2.75) is 31.7 Å². The highest BCUT2D eigenvalue weighted by molar-refractivity contribution is 5.61. The molecular weight excluding hydrogens is 188 g/mol. The van der Waals surface area contributed by atoms with Gasteiger partial charge in [0.15, 0.2) is 0 Å². The van der Waals surface area contributed by atoms with Gasteiger partial charge in [-0.1, -0.05) is 12.8 Å². The zero-order chi connectivity index (χ0) is 11.1. The van der Waals surface area contributed by atoms with Crippen LogP contribution in [0.25, 0.3) is 0 Å². The van der Waals surface area contributed by atoms with Crippen molar-refractivity contribution in [3.05, 3.63) is 0 Å². The molecule has 0 radical (unpaired) electrons. The topological polar surface area (TPSA) is 24.8 Å². The summed E-state index contributed by atoms with van der Waals surface area (Å²) in [5.74, 6) is 0.644. The van der Waals surface area contributed by atoms with E-state index in [0.717, 1.165) is 13.2 Å². The summed E-state index contributed by atoms with van der Waals surface area (Å²) in [5, 5.41) is 0. The largest absolute Gasteiger partial charge is 0.383 e. The maximum atomic E-state index is 5.12. The Labute approximate surface area is 93.5 Å². The van der Waals surface area contributed by atoms with Crippen LogP contribution in [0.1, 0.15) is 25.7 Å². The van der Waals surface area contributed by atoms with Crippen molar-refractivity contribution in [1.82, 2.24) is 4.90 Å². The number of rotatable bonds is 5. The summed E-state index contributed by atoms with van der Waals surface area (Å²) in [6.45, 7) is 1.85. The minimum atomic E-state index is 0.644. The Kier molecular flexibility index (Phi) is 5.88. The summed E-state index contributed by atoms with van der Waals surface area (Å²) in [4.78, 5) is 6.61. The second-order valence-corrected chi connectivity index (χ2v) is 4.40. The molecule has 0 aromatic heterocycles. The lowest BCUT2D eigenvalue weighted by Gasteiger charge is -2.36. The van der Waals surface area contributed by atoms with Crippen LogP contribution in [-0.4, -0.2) is 51.5 Å².